The van der Waals surface area contributed by atoms with Crippen LogP contribution in [0.5, 0.6) is 0 Å². The lowest BCUT2D eigenvalue weighted by Gasteiger charge is -2.16. The fourth-order valence-corrected chi connectivity index (χ4v) is 3.70. The van der Waals surface area contributed by atoms with Crippen LogP contribution in [0.3, 0.4) is 0 Å². The smallest absolute Gasteiger partial charge is 0.345 e. The van der Waals surface area contributed by atoms with E-state index in [0.717, 1.165) is 41.5 Å². The Balaban J connectivity index is 2.17. The van der Waals surface area contributed by atoms with Gasteiger partial charge in [-0.2, -0.15) is 0 Å². The van der Waals surface area contributed by atoms with Crippen molar-refractivity contribution in [1.82, 2.24) is 13.7 Å². The Bertz CT molecular complexity index is 1370. The van der Waals surface area contributed by atoms with E-state index in [1.54, 1.807) is 42.5 Å². The summed E-state index contributed by atoms with van der Waals surface area (Å²) < 4.78 is 3.04. The second kappa shape index (κ2) is 8.09. The third-order valence-corrected chi connectivity index (χ3v) is 6.17. The molecule has 0 aliphatic heterocycles. The number of nitrogens with two attached hydrogens (primary N) is 1. The van der Waals surface area contributed by atoms with Crippen molar-refractivity contribution in [2.45, 2.75) is 34.6 Å². The van der Waals surface area contributed by atoms with E-state index >= 15 is 0 Å². The van der Waals surface area contributed by atoms with Gasteiger partial charge in [0.1, 0.15) is 0 Å². The van der Waals surface area contributed by atoms with Crippen LogP contribution < -0.4 is 22.8 Å². The molecule has 0 aliphatic rings. The molecule has 1 aromatic heterocycles. The molecule has 1 heterocycles. The van der Waals surface area contributed by atoms with E-state index in [1.165, 1.54) is 0 Å². The van der Waals surface area contributed by atoms with Crippen molar-refractivity contribution >= 4 is 5.69 Å². The van der Waals surface area contributed by atoms with Gasteiger partial charge in [-0.05, 0) is 98.8 Å². The zero-order valence-electron chi connectivity index (χ0n) is 19.3. The molecule has 4 aromatic rings. The first kappa shape index (κ1) is 22.1. The van der Waals surface area contributed by atoms with Gasteiger partial charge in [-0.1, -0.05) is 18.2 Å². The molecule has 7 nitrogen and oxygen atoms in total. The van der Waals surface area contributed by atoms with Crippen molar-refractivity contribution in [3.63, 3.8) is 0 Å². The third-order valence-electron chi connectivity index (χ3n) is 6.17. The van der Waals surface area contributed by atoms with E-state index in [-0.39, 0.29) is 0 Å². The zero-order chi connectivity index (χ0) is 24.0. The predicted molar refractivity (Wildman–Crippen MR) is 131 cm³/mol. The fourth-order valence-electron chi connectivity index (χ4n) is 3.70. The monoisotopic (exact) mass is 442 g/mol. The van der Waals surface area contributed by atoms with Gasteiger partial charge in [0.15, 0.2) is 0 Å². The summed E-state index contributed by atoms with van der Waals surface area (Å²) >= 11 is 0. The van der Waals surface area contributed by atoms with Crippen LogP contribution in [0.2, 0.25) is 0 Å². The summed E-state index contributed by atoms with van der Waals surface area (Å²) in [5, 5.41) is 0. The summed E-state index contributed by atoms with van der Waals surface area (Å²) in [7, 11) is 0. The Hall–Kier alpha value is -4.13. The molecule has 0 bridgehead atoms. The molecule has 0 fully saturated rings. The summed E-state index contributed by atoms with van der Waals surface area (Å²) in [5.41, 5.74) is 10.1. The summed E-state index contributed by atoms with van der Waals surface area (Å²) in [6.45, 7) is 9.55. The topological polar surface area (TPSA) is 92.0 Å². The lowest BCUT2D eigenvalue weighted by molar-refractivity contribution is 0.659. The van der Waals surface area contributed by atoms with E-state index in [9.17, 15) is 14.4 Å². The van der Waals surface area contributed by atoms with Crippen LogP contribution >= 0.6 is 0 Å². The maximum absolute atomic E-state index is 13.6. The number of aromatic nitrogens is 3. The third kappa shape index (κ3) is 3.71. The van der Waals surface area contributed by atoms with Gasteiger partial charge in [0.05, 0.1) is 17.1 Å². The number of aryl methyl sites for hydroxylation is 5. The first-order chi connectivity index (χ1) is 15.6. The highest BCUT2D eigenvalue weighted by atomic mass is 16.2. The average molecular weight is 443 g/mol. The molecule has 3 aromatic carbocycles. The summed E-state index contributed by atoms with van der Waals surface area (Å²) in [6, 6.07) is 15.6. The van der Waals surface area contributed by atoms with E-state index in [0.29, 0.717) is 22.7 Å². The van der Waals surface area contributed by atoms with Crippen LogP contribution in [0, 0.1) is 34.6 Å². The van der Waals surface area contributed by atoms with Gasteiger partial charge in [0, 0.05) is 5.69 Å². The van der Waals surface area contributed by atoms with Gasteiger partial charge < -0.3 is 5.73 Å². The Morgan fingerprint density at radius 1 is 0.485 bits per heavy atom. The largest absolute Gasteiger partial charge is 0.398 e. The van der Waals surface area contributed by atoms with Gasteiger partial charge in [0.2, 0.25) is 0 Å². The molecule has 4 rings (SSSR count). The molecule has 168 valence electrons. The van der Waals surface area contributed by atoms with Crippen LogP contribution in [0.1, 0.15) is 27.8 Å². The number of nitrogens with zero attached hydrogens (tertiary/aromatic N) is 3. The highest BCUT2D eigenvalue weighted by Crippen LogP contribution is 2.16. The summed E-state index contributed by atoms with van der Waals surface area (Å²) in [4.78, 5) is 40.8. The molecule has 0 atom stereocenters. The van der Waals surface area contributed by atoms with Gasteiger partial charge in [0.25, 0.3) is 0 Å². The second-order valence-corrected chi connectivity index (χ2v) is 8.43. The molecule has 33 heavy (non-hydrogen) atoms. The number of hydrogen-bond acceptors (Lipinski definition) is 4. The minimum absolute atomic E-state index is 0.295. The molecule has 2 N–H and O–H groups in total. The average Bonchev–Trinajstić information content (AvgIpc) is 2.75. The predicted octanol–water partition coefficient (Wildman–Crippen LogP) is 3.26. The Morgan fingerprint density at radius 3 is 1.15 bits per heavy atom. The minimum atomic E-state index is -0.753. The molecular formula is C26H26N4O3. The van der Waals surface area contributed by atoms with E-state index in [1.807, 2.05) is 46.8 Å². The number of benzene rings is 3. The molecule has 0 amide bonds. The molecule has 0 aliphatic carbocycles. The molecule has 0 spiro atoms. The molecule has 0 unspecified atom stereocenters. The number of rotatable bonds is 3. The van der Waals surface area contributed by atoms with Crippen LogP contribution in [-0.2, 0) is 0 Å². The minimum Gasteiger partial charge on any atom is -0.398 e. The first-order valence-electron chi connectivity index (χ1n) is 10.6. The summed E-state index contributed by atoms with van der Waals surface area (Å²) in [6.07, 6.45) is 0. The van der Waals surface area contributed by atoms with Gasteiger partial charge in [-0.25, -0.2) is 28.1 Å². The molecular weight excluding hydrogens is 416 g/mol. The second-order valence-electron chi connectivity index (χ2n) is 8.43. The molecule has 7 heteroatoms. The van der Waals surface area contributed by atoms with Crippen molar-refractivity contribution in [3.8, 4) is 17.1 Å². The Morgan fingerprint density at radius 2 is 0.818 bits per heavy atom. The Kier molecular flexibility index (Phi) is 5.41. The SMILES string of the molecule is Cc1ccc(-n2c(=O)n(-c3ccc(C)c(C)c3)c(=O)n(-c3ccc(C)c(N)c3)c2=O)cc1C. The normalized spacial score (nSPS) is 11.1. The van der Waals surface area contributed by atoms with Crippen molar-refractivity contribution in [3.05, 3.63) is 114 Å². The highest BCUT2D eigenvalue weighted by Gasteiger charge is 2.20. The van der Waals surface area contributed by atoms with E-state index in [4.69, 9.17) is 5.73 Å². The number of nitrogen functional groups attached to an aromatic ring is 1. The van der Waals surface area contributed by atoms with Crippen LogP contribution in [0.25, 0.3) is 17.1 Å². The van der Waals surface area contributed by atoms with E-state index in [2.05, 4.69) is 0 Å². The quantitative estimate of drug-likeness (QED) is 0.493. The maximum Gasteiger partial charge on any atom is 0.345 e. The number of hydrogen-bond donors (Lipinski definition) is 1. The zero-order valence-corrected chi connectivity index (χ0v) is 19.3. The van der Waals surface area contributed by atoms with Crippen LogP contribution in [-0.4, -0.2) is 13.7 Å². The van der Waals surface area contributed by atoms with Crippen molar-refractivity contribution in [1.29, 1.82) is 0 Å². The molecule has 0 saturated carbocycles. The standard InChI is InChI=1S/C26H26N4O3/c1-15-6-9-20(12-18(15)4)28-24(31)29(21-10-7-16(2)19(5)13-21)26(33)30(25(28)32)22-11-8-17(3)23(27)14-22/h6-14H,27H2,1-5H3. The Labute approximate surface area is 191 Å². The van der Waals surface area contributed by atoms with Crippen LogP contribution in [0.4, 0.5) is 5.69 Å². The lowest BCUT2D eigenvalue weighted by Crippen LogP contribution is -2.52. The lowest BCUT2D eigenvalue weighted by atomic mass is 10.1. The fraction of sp³-hybridized carbons (Fsp3) is 0.192. The maximum atomic E-state index is 13.6. The van der Waals surface area contributed by atoms with Gasteiger partial charge in [-0.3, -0.25) is 0 Å². The highest BCUT2D eigenvalue weighted by molar-refractivity contribution is 5.53. The van der Waals surface area contributed by atoms with Crippen LogP contribution in [0.15, 0.2) is 69.0 Å². The molecule has 0 radical (unpaired) electrons. The van der Waals surface area contributed by atoms with Gasteiger partial charge in [-0.15, -0.1) is 0 Å². The van der Waals surface area contributed by atoms with Crippen molar-refractivity contribution in [2.24, 2.45) is 0 Å². The van der Waals surface area contributed by atoms with E-state index < -0.39 is 17.1 Å². The van der Waals surface area contributed by atoms with Crippen molar-refractivity contribution < 1.29 is 0 Å². The molecule has 0 saturated heterocycles. The van der Waals surface area contributed by atoms with Crippen molar-refractivity contribution in [2.75, 3.05) is 5.73 Å². The van der Waals surface area contributed by atoms with Gasteiger partial charge >= 0.3 is 17.1 Å². The first-order valence-corrected chi connectivity index (χ1v) is 10.6. The summed E-state index contributed by atoms with van der Waals surface area (Å²) in [5.74, 6) is 0. The number of anilines is 1.